The largest absolute Gasteiger partial charge is 0.497 e. The van der Waals surface area contributed by atoms with Crippen LogP contribution in [0.5, 0.6) is 17.2 Å². The number of carbonyl (C=O) groups excluding carboxylic acids is 1. The molecule has 0 fully saturated rings. The number of ether oxygens (including phenoxy) is 4. The summed E-state index contributed by atoms with van der Waals surface area (Å²) in [5.74, 6) is 2.37. The van der Waals surface area contributed by atoms with Crippen LogP contribution in [0.25, 0.3) is 11.1 Å². The molecule has 0 saturated heterocycles. The van der Waals surface area contributed by atoms with Crippen molar-refractivity contribution in [3.63, 3.8) is 0 Å². The maximum atomic E-state index is 12.6. The molecule has 0 aliphatic heterocycles. The van der Waals surface area contributed by atoms with Gasteiger partial charge in [-0.2, -0.15) is 5.10 Å². The smallest absolute Gasteiger partial charge is 0.166 e. The van der Waals surface area contributed by atoms with E-state index in [2.05, 4.69) is 42.6 Å². The highest BCUT2D eigenvalue weighted by atomic mass is 16.5. The number of Topliss-reactive ketones (excluding diaryl/α,β-unsaturated/α-hetero) is 1. The third kappa shape index (κ3) is 5.83. The average Bonchev–Trinajstić information content (AvgIpc) is 3.57. The molecule has 0 spiro atoms. The van der Waals surface area contributed by atoms with Gasteiger partial charge < -0.3 is 18.9 Å². The average molecular weight is 591 g/mol. The van der Waals surface area contributed by atoms with Crippen LogP contribution in [0.15, 0.2) is 109 Å². The summed E-state index contributed by atoms with van der Waals surface area (Å²) in [5.41, 5.74) is 4.89. The quantitative estimate of drug-likeness (QED) is 0.133. The normalized spacial score (nSPS) is 12.0. The first-order valence-electron chi connectivity index (χ1n) is 14.6. The summed E-state index contributed by atoms with van der Waals surface area (Å²) in [5, 5.41) is 4.99. The van der Waals surface area contributed by atoms with Crippen LogP contribution in [0.3, 0.4) is 0 Å². The zero-order chi connectivity index (χ0) is 31.1. The van der Waals surface area contributed by atoms with E-state index >= 15 is 0 Å². The highest BCUT2D eigenvalue weighted by Crippen LogP contribution is 2.43. The van der Waals surface area contributed by atoms with Crippen LogP contribution >= 0.6 is 0 Å². The number of rotatable bonds is 13. The van der Waals surface area contributed by atoms with Crippen molar-refractivity contribution in [1.82, 2.24) is 9.78 Å². The molecule has 1 aromatic heterocycles. The van der Waals surface area contributed by atoms with Gasteiger partial charge in [0.1, 0.15) is 28.9 Å². The van der Waals surface area contributed by atoms with Crippen molar-refractivity contribution in [2.24, 2.45) is 0 Å². The van der Waals surface area contributed by atoms with Gasteiger partial charge in [-0.3, -0.25) is 9.48 Å². The highest BCUT2D eigenvalue weighted by Gasteiger charge is 2.40. The van der Waals surface area contributed by atoms with E-state index in [1.54, 1.807) is 28.4 Å². The Morgan fingerprint density at radius 2 is 1.14 bits per heavy atom. The van der Waals surface area contributed by atoms with Crippen LogP contribution in [-0.4, -0.2) is 44.0 Å². The number of hydrogen-bond donors (Lipinski definition) is 0. The van der Waals surface area contributed by atoms with Crippen LogP contribution in [-0.2, 0) is 15.1 Å². The fraction of sp³-hybridized carbons (Fsp3) is 0.243. The summed E-state index contributed by atoms with van der Waals surface area (Å²) >= 11 is 0. The summed E-state index contributed by atoms with van der Waals surface area (Å²) in [7, 11) is 6.56. The summed E-state index contributed by atoms with van der Waals surface area (Å²) in [4.78, 5) is 12.6. The van der Waals surface area contributed by atoms with E-state index in [0.717, 1.165) is 57.1 Å². The Kier molecular flexibility index (Phi) is 9.46. The van der Waals surface area contributed by atoms with Gasteiger partial charge in [0, 0.05) is 25.3 Å². The monoisotopic (exact) mass is 590 g/mol. The second-order valence-electron chi connectivity index (χ2n) is 10.5. The van der Waals surface area contributed by atoms with Crippen molar-refractivity contribution in [2.45, 2.75) is 31.4 Å². The van der Waals surface area contributed by atoms with Crippen molar-refractivity contribution >= 4 is 5.78 Å². The minimum atomic E-state index is -0.850. The van der Waals surface area contributed by atoms with Gasteiger partial charge in [-0.05, 0) is 70.6 Å². The fourth-order valence-corrected chi connectivity index (χ4v) is 5.73. The molecule has 0 aliphatic carbocycles. The van der Waals surface area contributed by atoms with Crippen LogP contribution in [0.1, 0.15) is 48.1 Å². The third-order valence-corrected chi connectivity index (χ3v) is 8.02. The minimum Gasteiger partial charge on any atom is -0.497 e. The van der Waals surface area contributed by atoms with E-state index in [9.17, 15) is 4.79 Å². The summed E-state index contributed by atoms with van der Waals surface area (Å²) in [6, 6.07) is 32.2. The standard InChI is InChI=1S/C37H38N2O5/c1-6-7-35(40)36(44-5)27-10-8-26(9-11-27)28-24-38-39(25-28)37(29-12-18-32(41-2)19-13-29,30-14-20-33(42-3)21-15-30)31-16-22-34(43-4)23-17-31/h8-25,36H,6-7H2,1-5H3. The predicted octanol–water partition coefficient (Wildman–Crippen LogP) is 7.47. The highest BCUT2D eigenvalue weighted by molar-refractivity contribution is 5.84. The first kappa shape index (κ1) is 30.6. The zero-order valence-corrected chi connectivity index (χ0v) is 25.8. The van der Waals surface area contributed by atoms with Crippen molar-refractivity contribution in [3.05, 3.63) is 132 Å². The number of nitrogens with zero attached hydrogens (tertiary/aromatic N) is 2. The maximum absolute atomic E-state index is 12.6. The Hall–Kier alpha value is -4.88. The van der Waals surface area contributed by atoms with E-state index in [0.29, 0.717) is 6.42 Å². The first-order chi connectivity index (χ1) is 21.5. The van der Waals surface area contributed by atoms with E-state index in [-0.39, 0.29) is 5.78 Å². The first-order valence-corrected chi connectivity index (χ1v) is 14.6. The van der Waals surface area contributed by atoms with Crippen LogP contribution < -0.4 is 14.2 Å². The molecule has 0 saturated carbocycles. The van der Waals surface area contributed by atoms with Crippen molar-refractivity contribution in [2.75, 3.05) is 28.4 Å². The van der Waals surface area contributed by atoms with Gasteiger partial charge in [-0.25, -0.2) is 0 Å². The lowest BCUT2D eigenvalue weighted by Crippen LogP contribution is -2.38. The van der Waals surface area contributed by atoms with E-state index in [1.807, 2.05) is 78.5 Å². The Bertz CT molecular complexity index is 1540. The molecule has 0 aliphatic rings. The van der Waals surface area contributed by atoms with Gasteiger partial charge in [0.15, 0.2) is 5.78 Å². The van der Waals surface area contributed by atoms with Crippen LogP contribution in [0.2, 0.25) is 0 Å². The van der Waals surface area contributed by atoms with Gasteiger partial charge in [-0.1, -0.05) is 67.6 Å². The number of ketones is 1. The van der Waals surface area contributed by atoms with Gasteiger partial charge >= 0.3 is 0 Å². The fourth-order valence-electron chi connectivity index (χ4n) is 5.73. The number of hydrogen-bond acceptors (Lipinski definition) is 6. The van der Waals surface area contributed by atoms with Crippen molar-refractivity contribution < 1.29 is 23.7 Å². The Morgan fingerprint density at radius 1 is 0.682 bits per heavy atom. The SMILES string of the molecule is CCCC(=O)C(OC)c1ccc(-c2cnn(C(c3ccc(OC)cc3)(c3ccc(OC)cc3)c3ccc(OC)cc3)c2)cc1. The molecule has 1 heterocycles. The molecule has 0 amide bonds. The molecular weight excluding hydrogens is 552 g/mol. The van der Waals surface area contributed by atoms with Crippen LogP contribution in [0, 0.1) is 0 Å². The molecule has 1 unspecified atom stereocenters. The van der Waals surface area contributed by atoms with Gasteiger partial charge in [0.2, 0.25) is 0 Å². The summed E-state index contributed by atoms with van der Waals surface area (Å²) in [6.45, 7) is 2.00. The van der Waals surface area contributed by atoms with Gasteiger partial charge in [-0.15, -0.1) is 0 Å². The molecule has 0 N–H and O–H groups in total. The summed E-state index contributed by atoms with van der Waals surface area (Å²) < 4.78 is 24.0. The zero-order valence-electron chi connectivity index (χ0n) is 25.8. The Morgan fingerprint density at radius 3 is 1.52 bits per heavy atom. The number of benzene rings is 4. The second-order valence-corrected chi connectivity index (χ2v) is 10.5. The van der Waals surface area contributed by atoms with Crippen LogP contribution in [0.4, 0.5) is 0 Å². The van der Waals surface area contributed by atoms with E-state index in [1.165, 1.54) is 0 Å². The molecule has 226 valence electrons. The molecule has 5 rings (SSSR count). The number of aromatic nitrogens is 2. The number of carbonyl (C=O) groups is 1. The molecule has 5 aromatic rings. The lowest BCUT2D eigenvalue weighted by atomic mass is 9.77. The Balaban J connectivity index is 1.67. The molecular formula is C37H38N2O5. The molecule has 1 atom stereocenters. The molecule has 0 bridgehead atoms. The molecule has 4 aromatic carbocycles. The molecule has 0 radical (unpaired) electrons. The van der Waals surface area contributed by atoms with E-state index < -0.39 is 11.6 Å². The maximum Gasteiger partial charge on any atom is 0.166 e. The lowest BCUT2D eigenvalue weighted by molar-refractivity contribution is -0.129. The van der Waals surface area contributed by atoms with E-state index in [4.69, 9.17) is 24.0 Å². The van der Waals surface area contributed by atoms with Crippen molar-refractivity contribution in [3.8, 4) is 28.4 Å². The molecule has 44 heavy (non-hydrogen) atoms. The minimum absolute atomic E-state index is 0.0822. The number of methoxy groups -OCH3 is 4. The summed E-state index contributed by atoms with van der Waals surface area (Å²) in [6.07, 6.45) is 4.63. The predicted molar refractivity (Wildman–Crippen MR) is 172 cm³/mol. The van der Waals surface area contributed by atoms with Gasteiger partial charge in [0.05, 0.1) is 27.5 Å². The van der Waals surface area contributed by atoms with Gasteiger partial charge in [0.25, 0.3) is 0 Å². The molecule has 7 nitrogen and oxygen atoms in total. The topological polar surface area (TPSA) is 71.8 Å². The Labute approximate surface area is 259 Å². The second kappa shape index (κ2) is 13.6. The molecule has 7 heteroatoms. The van der Waals surface area contributed by atoms with Crippen molar-refractivity contribution in [1.29, 1.82) is 0 Å². The third-order valence-electron chi connectivity index (χ3n) is 8.02. The lowest BCUT2D eigenvalue weighted by Gasteiger charge is -2.36.